The highest BCUT2D eigenvalue weighted by molar-refractivity contribution is 7.16. The molecule has 0 fully saturated rings. The minimum absolute atomic E-state index is 0.343. The lowest BCUT2D eigenvalue weighted by Crippen LogP contribution is -2.13. The molecule has 0 spiro atoms. The second-order valence-electron chi connectivity index (χ2n) is 4.91. The lowest BCUT2D eigenvalue weighted by atomic mass is 10.1. The minimum atomic E-state index is -0.476. The highest BCUT2D eigenvalue weighted by atomic mass is 32.1. The molecule has 0 saturated carbocycles. The first-order valence-electron chi connectivity index (χ1n) is 7.36. The van der Waals surface area contributed by atoms with Crippen LogP contribution in [0.2, 0.25) is 0 Å². The summed E-state index contributed by atoms with van der Waals surface area (Å²) in [6.45, 7) is 2.79. The van der Waals surface area contributed by atoms with Crippen molar-refractivity contribution in [3.8, 4) is 6.07 Å². The highest BCUT2D eigenvalue weighted by Crippen LogP contribution is 2.25. The number of amides is 1. The Balaban J connectivity index is 2.22. The molecule has 0 unspecified atom stereocenters. The Labute approximate surface area is 144 Å². The second kappa shape index (κ2) is 8.13. The number of thiophene rings is 1. The first-order valence-corrected chi connectivity index (χ1v) is 8.18. The molecule has 0 aliphatic heterocycles. The molecule has 0 bridgehead atoms. The van der Waals surface area contributed by atoms with Gasteiger partial charge in [0.1, 0.15) is 4.88 Å². The summed E-state index contributed by atoms with van der Waals surface area (Å²) < 4.78 is 4.64. The molecule has 2 rings (SSSR count). The zero-order chi connectivity index (χ0) is 17.5. The number of benzene rings is 1. The predicted octanol–water partition coefficient (Wildman–Crippen LogP) is 3.48. The van der Waals surface area contributed by atoms with Crippen molar-refractivity contribution >= 4 is 34.6 Å². The molecule has 1 heterocycles. The van der Waals surface area contributed by atoms with E-state index in [1.54, 1.807) is 30.3 Å². The average molecular weight is 343 g/mol. The van der Waals surface area contributed by atoms with Gasteiger partial charge in [-0.1, -0.05) is 6.92 Å². The number of hydrogen-bond donors (Lipinski definition) is 2. The quantitative estimate of drug-likeness (QED) is 0.784. The number of nitriles is 1. The van der Waals surface area contributed by atoms with Crippen LogP contribution < -0.4 is 10.6 Å². The van der Waals surface area contributed by atoms with Gasteiger partial charge in [-0.25, -0.2) is 4.79 Å². The standard InChI is InChI=1S/C17H17N3O3S/c1-3-8-19-12-5-4-11(10-18)9-13(12)20-16(21)14-6-7-15(24-14)17(22)23-2/h4-7,9,19H,3,8H2,1-2H3,(H,20,21). The van der Waals surface area contributed by atoms with E-state index in [1.807, 2.05) is 6.92 Å². The molecule has 0 aliphatic rings. The van der Waals surface area contributed by atoms with Crippen LogP contribution in [-0.4, -0.2) is 25.5 Å². The molecule has 7 heteroatoms. The third-order valence-corrected chi connectivity index (χ3v) is 4.24. The molecule has 0 radical (unpaired) electrons. The van der Waals surface area contributed by atoms with E-state index in [0.29, 0.717) is 21.0 Å². The molecule has 2 aromatic rings. The molecule has 0 saturated heterocycles. The molecule has 1 aromatic heterocycles. The van der Waals surface area contributed by atoms with Crippen LogP contribution in [0.25, 0.3) is 0 Å². The smallest absolute Gasteiger partial charge is 0.348 e. The lowest BCUT2D eigenvalue weighted by Gasteiger charge is -2.12. The number of nitrogens with one attached hydrogen (secondary N) is 2. The van der Waals surface area contributed by atoms with Gasteiger partial charge in [0.05, 0.1) is 35.0 Å². The summed E-state index contributed by atoms with van der Waals surface area (Å²) in [5, 5.41) is 15.0. The van der Waals surface area contributed by atoms with Crippen molar-refractivity contribution < 1.29 is 14.3 Å². The van der Waals surface area contributed by atoms with E-state index in [1.165, 1.54) is 7.11 Å². The molecule has 1 amide bonds. The van der Waals surface area contributed by atoms with Gasteiger partial charge in [-0.3, -0.25) is 4.79 Å². The first-order chi connectivity index (χ1) is 11.6. The van der Waals surface area contributed by atoms with Gasteiger partial charge >= 0.3 is 5.97 Å². The topological polar surface area (TPSA) is 91.2 Å². The minimum Gasteiger partial charge on any atom is -0.465 e. The maximum atomic E-state index is 12.4. The predicted molar refractivity (Wildman–Crippen MR) is 93.5 cm³/mol. The fourth-order valence-electron chi connectivity index (χ4n) is 1.99. The van der Waals surface area contributed by atoms with Crippen LogP contribution in [0.4, 0.5) is 11.4 Å². The number of rotatable bonds is 6. The van der Waals surface area contributed by atoms with Crippen LogP contribution in [0.15, 0.2) is 30.3 Å². The van der Waals surface area contributed by atoms with Crippen molar-refractivity contribution in [2.75, 3.05) is 24.3 Å². The summed E-state index contributed by atoms with van der Waals surface area (Å²) in [4.78, 5) is 24.6. The number of esters is 1. The third kappa shape index (κ3) is 4.12. The molecule has 0 aliphatic carbocycles. The summed E-state index contributed by atoms with van der Waals surface area (Å²) in [5.74, 6) is -0.819. The Hall–Kier alpha value is -2.85. The number of carbonyl (C=O) groups excluding carboxylic acids is 2. The number of carbonyl (C=O) groups is 2. The fraction of sp³-hybridized carbons (Fsp3) is 0.235. The molecule has 6 nitrogen and oxygen atoms in total. The summed E-state index contributed by atoms with van der Waals surface area (Å²) >= 11 is 1.05. The van der Waals surface area contributed by atoms with E-state index < -0.39 is 5.97 Å². The van der Waals surface area contributed by atoms with E-state index in [0.717, 1.165) is 30.0 Å². The van der Waals surface area contributed by atoms with Crippen LogP contribution in [0.3, 0.4) is 0 Å². The maximum Gasteiger partial charge on any atom is 0.348 e. The molecule has 1 aromatic carbocycles. The van der Waals surface area contributed by atoms with Crippen molar-refractivity contribution in [3.05, 3.63) is 45.6 Å². The normalized spacial score (nSPS) is 9.88. The van der Waals surface area contributed by atoms with Gasteiger partial charge in [0.25, 0.3) is 5.91 Å². The van der Waals surface area contributed by atoms with Gasteiger partial charge in [-0.05, 0) is 36.8 Å². The zero-order valence-corrected chi connectivity index (χ0v) is 14.2. The SMILES string of the molecule is CCCNc1ccc(C#N)cc1NC(=O)c1ccc(C(=O)OC)s1. The van der Waals surface area contributed by atoms with Crippen molar-refractivity contribution in [1.29, 1.82) is 5.26 Å². The van der Waals surface area contributed by atoms with E-state index in [4.69, 9.17) is 5.26 Å². The van der Waals surface area contributed by atoms with Gasteiger partial charge < -0.3 is 15.4 Å². The summed E-state index contributed by atoms with van der Waals surface area (Å²) in [7, 11) is 1.29. The molecular formula is C17H17N3O3S. The van der Waals surface area contributed by atoms with Crippen molar-refractivity contribution in [1.82, 2.24) is 0 Å². The van der Waals surface area contributed by atoms with E-state index in [9.17, 15) is 9.59 Å². The summed E-state index contributed by atoms with van der Waals surface area (Å²) in [5.41, 5.74) is 1.73. The highest BCUT2D eigenvalue weighted by Gasteiger charge is 2.15. The van der Waals surface area contributed by atoms with E-state index >= 15 is 0 Å². The number of anilines is 2. The third-order valence-electron chi connectivity index (χ3n) is 3.18. The number of methoxy groups -OCH3 is 1. The van der Waals surface area contributed by atoms with Crippen molar-refractivity contribution in [2.24, 2.45) is 0 Å². The second-order valence-corrected chi connectivity index (χ2v) is 5.99. The average Bonchev–Trinajstić information content (AvgIpc) is 3.10. The Morgan fingerprint density at radius 2 is 1.96 bits per heavy atom. The van der Waals surface area contributed by atoms with Crippen LogP contribution in [0.1, 0.15) is 38.3 Å². The monoisotopic (exact) mass is 343 g/mol. The number of ether oxygens (including phenoxy) is 1. The largest absolute Gasteiger partial charge is 0.465 e. The Bertz CT molecular complexity index is 793. The van der Waals surface area contributed by atoms with E-state index in [2.05, 4.69) is 21.4 Å². The van der Waals surface area contributed by atoms with E-state index in [-0.39, 0.29) is 5.91 Å². The molecular weight excluding hydrogens is 326 g/mol. The molecule has 24 heavy (non-hydrogen) atoms. The van der Waals surface area contributed by atoms with Crippen LogP contribution >= 0.6 is 11.3 Å². The van der Waals surface area contributed by atoms with Crippen molar-refractivity contribution in [3.63, 3.8) is 0 Å². The molecule has 124 valence electrons. The number of nitrogens with zero attached hydrogens (tertiary/aromatic N) is 1. The lowest BCUT2D eigenvalue weighted by molar-refractivity contribution is 0.0606. The first kappa shape index (κ1) is 17.5. The van der Waals surface area contributed by atoms with Crippen molar-refractivity contribution in [2.45, 2.75) is 13.3 Å². The van der Waals surface area contributed by atoms with Crippen LogP contribution in [-0.2, 0) is 4.74 Å². The zero-order valence-electron chi connectivity index (χ0n) is 13.4. The van der Waals surface area contributed by atoms with Gasteiger partial charge in [0.15, 0.2) is 0 Å². The molecule has 0 atom stereocenters. The van der Waals surface area contributed by atoms with Crippen LogP contribution in [0, 0.1) is 11.3 Å². The fourth-order valence-corrected chi connectivity index (χ4v) is 2.80. The Morgan fingerprint density at radius 1 is 1.21 bits per heavy atom. The Morgan fingerprint density at radius 3 is 2.62 bits per heavy atom. The van der Waals surface area contributed by atoms with Gasteiger partial charge in [0.2, 0.25) is 0 Å². The summed E-state index contributed by atoms with van der Waals surface area (Å²) in [6, 6.07) is 10.2. The van der Waals surface area contributed by atoms with Gasteiger partial charge in [0, 0.05) is 6.54 Å². The maximum absolute atomic E-state index is 12.4. The van der Waals surface area contributed by atoms with Gasteiger partial charge in [-0.15, -0.1) is 11.3 Å². The Kier molecular flexibility index (Phi) is 5.93. The summed E-state index contributed by atoms with van der Waals surface area (Å²) in [6.07, 6.45) is 0.931. The van der Waals surface area contributed by atoms with Crippen LogP contribution in [0.5, 0.6) is 0 Å². The number of hydrogen-bond acceptors (Lipinski definition) is 6. The van der Waals surface area contributed by atoms with Gasteiger partial charge in [-0.2, -0.15) is 5.26 Å². The molecule has 2 N–H and O–H groups in total.